The topological polar surface area (TPSA) is 18.5 Å². The summed E-state index contributed by atoms with van der Waals surface area (Å²) in [4.78, 5) is 0. The van der Waals surface area contributed by atoms with Crippen molar-refractivity contribution in [2.45, 2.75) is 45.2 Å². The average molecular weight is 271 g/mol. The Labute approximate surface area is 113 Å². The third kappa shape index (κ3) is 2.42. The van der Waals surface area contributed by atoms with Gasteiger partial charge in [0.05, 0.1) is 16.2 Å². The maximum absolute atomic E-state index is 13.3. The summed E-state index contributed by atoms with van der Waals surface area (Å²) in [5.74, 6) is -0.411. The Morgan fingerprint density at radius 1 is 1.17 bits per heavy atom. The number of halogens is 2. The number of benzene rings is 1. The van der Waals surface area contributed by atoms with Crippen LogP contribution in [0.2, 0.25) is 5.02 Å². The van der Waals surface area contributed by atoms with Crippen LogP contribution in [0, 0.1) is 5.82 Å². The minimum Gasteiger partial charge on any atom is -0.403 e. The van der Waals surface area contributed by atoms with Gasteiger partial charge in [-0.1, -0.05) is 23.7 Å². The van der Waals surface area contributed by atoms with Crippen molar-refractivity contribution in [1.82, 2.24) is 0 Å². The van der Waals surface area contributed by atoms with Crippen LogP contribution in [-0.2, 0) is 15.6 Å². The highest BCUT2D eigenvalue weighted by Crippen LogP contribution is 2.38. The van der Waals surface area contributed by atoms with E-state index in [2.05, 4.69) is 0 Å². The molecule has 1 heterocycles. The molecule has 98 valence electrons. The molecule has 5 heteroatoms. The standard InChI is InChI=1S/C13H17BClFO2/c1-12(2)13(3,4)18-14(17-12)8-9-6-5-7-10(16)11(9)15/h5-7H,8H2,1-4H3. The highest BCUT2D eigenvalue weighted by Gasteiger charge is 2.50. The molecule has 18 heavy (non-hydrogen) atoms. The summed E-state index contributed by atoms with van der Waals surface area (Å²) in [6, 6.07) is 4.77. The lowest BCUT2D eigenvalue weighted by atomic mass is 9.81. The van der Waals surface area contributed by atoms with Crippen LogP contribution in [0.3, 0.4) is 0 Å². The van der Waals surface area contributed by atoms with E-state index in [4.69, 9.17) is 20.9 Å². The second kappa shape index (κ2) is 4.51. The quantitative estimate of drug-likeness (QED) is 0.764. The molecule has 0 amide bonds. The van der Waals surface area contributed by atoms with Crippen molar-refractivity contribution >= 4 is 18.7 Å². The molecule has 1 aliphatic heterocycles. The zero-order chi connectivity index (χ0) is 13.6. The molecule has 2 rings (SSSR count). The third-order valence-corrected chi connectivity index (χ3v) is 4.14. The Bertz CT molecular complexity index is 446. The maximum Gasteiger partial charge on any atom is 0.462 e. The van der Waals surface area contributed by atoms with E-state index in [0.29, 0.717) is 11.9 Å². The fraction of sp³-hybridized carbons (Fsp3) is 0.538. The molecule has 0 aromatic heterocycles. The van der Waals surface area contributed by atoms with E-state index in [9.17, 15) is 4.39 Å². The van der Waals surface area contributed by atoms with Gasteiger partial charge in [0.25, 0.3) is 0 Å². The minimum absolute atomic E-state index is 0.146. The average Bonchev–Trinajstić information content (AvgIpc) is 2.43. The SMILES string of the molecule is CC1(C)OB(Cc2cccc(F)c2Cl)OC1(C)C. The molecule has 1 fully saturated rings. The van der Waals surface area contributed by atoms with Crippen LogP contribution in [0.25, 0.3) is 0 Å². The number of hydrogen-bond donors (Lipinski definition) is 0. The van der Waals surface area contributed by atoms with Crippen molar-refractivity contribution in [2.75, 3.05) is 0 Å². The van der Waals surface area contributed by atoms with Crippen molar-refractivity contribution in [1.29, 1.82) is 0 Å². The highest BCUT2D eigenvalue weighted by atomic mass is 35.5. The molecule has 0 N–H and O–H groups in total. The lowest BCUT2D eigenvalue weighted by Crippen LogP contribution is -2.41. The predicted molar refractivity (Wildman–Crippen MR) is 71.2 cm³/mol. The van der Waals surface area contributed by atoms with Crippen molar-refractivity contribution < 1.29 is 13.7 Å². The summed E-state index contributed by atoms with van der Waals surface area (Å²) in [6.45, 7) is 7.95. The Kier molecular flexibility index (Phi) is 3.47. The lowest BCUT2D eigenvalue weighted by molar-refractivity contribution is 0.00578. The molecule has 0 bridgehead atoms. The largest absolute Gasteiger partial charge is 0.462 e. The van der Waals surface area contributed by atoms with Gasteiger partial charge in [0.15, 0.2) is 0 Å². The molecular weight excluding hydrogens is 253 g/mol. The molecule has 0 atom stereocenters. The van der Waals surface area contributed by atoms with Gasteiger partial charge in [-0.2, -0.15) is 0 Å². The molecular formula is C13H17BClFO2. The highest BCUT2D eigenvalue weighted by molar-refractivity contribution is 6.45. The summed E-state index contributed by atoms with van der Waals surface area (Å²) in [5, 5.41) is 0.146. The third-order valence-electron chi connectivity index (χ3n) is 3.72. The van der Waals surface area contributed by atoms with Gasteiger partial charge in [0.2, 0.25) is 0 Å². The second-order valence-electron chi connectivity index (χ2n) is 5.60. The van der Waals surface area contributed by atoms with Crippen molar-refractivity contribution in [3.05, 3.63) is 34.6 Å². The van der Waals surface area contributed by atoms with Crippen LogP contribution in [-0.4, -0.2) is 18.3 Å². The van der Waals surface area contributed by atoms with Gasteiger partial charge in [-0.3, -0.25) is 0 Å². The van der Waals surface area contributed by atoms with Crippen molar-refractivity contribution in [3.63, 3.8) is 0 Å². The lowest BCUT2D eigenvalue weighted by Gasteiger charge is -2.32. The molecule has 1 saturated heterocycles. The van der Waals surface area contributed by atoms with Crippen molar-refractivity contribution in [2.24, 2.45) is 0 Å². The second-order valence-corrected chi connectivity index (χ2v) is 5.98. The molecule has 1 aliphatic rings. The van der Waals surface area contributed by atoms with Crippen LogP contribution < -0.4 is 0 Å². The Hall–Kier alpha value is -0.575. The Morgan fingerprint density at radius 3 is 2.28 bits per heavy atom. The molecule has 0 saturated carbocycles. The van der Waals surface area contributed by atoms with Crippen LogP contribution in [0.15, 0.2) is 18.2 Å². The molecule has 1 aromatic rings. The van der Waals surface area contributed by atoms with E-state index in [1.165, 1.54) is 6.07 Å². The van der Waals surface area contributed by atoms with E-state index in [0.717, 1.165) is 0 Å². The normalized spacial score (nSPS) is 21.3. The molecule has 0 radical (unpaired) electrons. The van der Waals surface area contributed by atoms with E-state index in [1.807, 2.05) is 27.7 Å². The van der Waals surface area contributed by atoms with Gasteiger partial charge < -0.3 is 9.31 Å². The van der Waals surface area contributed by atoms with Crippen molar-refractivity contribution in [3.8, 4) is 0 Å². The van der Waals surface area contributed by atoms with Crippen LogP contribution >= 0.6 is 11.6 Å². The van der Waals surface area contributed by atoms with Gasteiger partial charge in [0, 0.05) is 6.32 Å². The van der Waals surface area contributed by atoms with Gasteiger partial charge in [-0.05, 0) is 39.3 Å². The fourth-order valence-electron chi connectivity index (χ4n) is 1.93. The van der Waals surface area contributed by atoms with Gasteiger partial charge in [-0.15, -0.1) is 0 Å². The first-order valence-electron chi connectivity index (χ1n) is 6.01. The number of hydrogen-bond acceptors (Lipinski definition) is 2. The summed E-state index contributed by atoms with van der Waals surface area (Å²) in [6.07, 6.45) is 0.448. The predicted octanol–water partition coefficient (Wildman–Crippen LogP) is 3.65. The Morgan fingerprint density at radius 2 is 1.72 bits per heavy atom. The van der Waals surface area contributed by atoms with Crippen LogP contribution in [0.4, 0.5) is 4.39 Å². The first kappa shape index (κ1) is 13.8. The molecule has 1 aromatic carbocycles. The Balaban J connectivity index is 2.15. The van der Waals surface area contributed by atoms with Gasteiger partial charge in [-0.25, -0.2) is 4.39 Å². The fourth-order valence-corrected chi connectivity index (χ4v) is 2.14. The maximum atomic E-state index is 13.3. The van der Waals surface area contributed by atoms with Gasteiger partial charge in [0.1, 0.15) is 5.82 Å². The summed E-state index contributed by atoms with van der Waals surface area (Å²) in [7, 11) is -0.394. The van der Waals surface area contributed by atoms with E-state index in [1.54, 1.807) is 12.1 Å². The van der Waals surface area contributed by atoms with E-state index >= 15 is 0 Å². The minimum atomic E-state index is -0.411. The van der Waals surface area contributed by atoms with Gasteiger partial charge >= 0.3 is 7.12 Å². The van der Waals surface area contributed by atoms with Crippen LogP contribution in [0.1, 0.15) is 33.3 Å². The summed E-state index contributed by atoms with van der Waals surface area (Å²) >= 11 is 5.93. The summed E-state index contributed by atoms with van der Waals surface area (Å²) < 4.78 is 25.1. The molecule has 2 nitrogen and oxygen atoms in total. The molecule has 0 aliphatic carbocycles. The summed E-state index contributed by atoms with van der Waals surface area (Å²) in [5.41, 5.74) is -0.0512. The zero-order valence-corrected chi connectivity index (χ0v) is 11.8. The first-order chi connectivity index (χ1) is 8.23. The van der Waals surface area contributed by atoms with Crippen LogP contribution in [0.5, 0.6) is 0 Å². The molecule has 0 unspecified atom stereocenters. The zero-order valence-electron chi connectivity index (χ0n) is 11.1. The first-order valence-corrected chi connectivity index (χ1v) is 6.39. The monoisotopic (exact) mass is 270 g/mol. The molecule has 0 spiro atoms. The van der Waals surface area contributed by atoms with E-state index in [-0.39, 0.29) is 16.2 Å². The number of rotatable bonds is 2. The smallest absolute Gasteiger partial charge is 0.403 e. The van der Waals surface area contributed by atoms with E-state index < -0.39 is 12.9 Å².